The smallest absolute Gasteiger partial charge is 0.339 e. The van der Waals surface area contributed by atoms with Crippen molar-refractivity contribution >= 4 is 28.5 Å². The van der Waals surface area contributed by atoms with Gasteiger partial charge in [0.25, 0.3) is 5.91 Å². The Morgan fingerprint density at radius 3 is 2.40 bits per heavy atom. The summed E-state index contributed by atoms with van der Waals surface area (Å²) in [5, 5.41) is 0.682. The summed E-state index contributed by atoms with van der Waals surface area (Å²) in [4.78, 5) is 39.2. The summed E-state index contributed by atoms with van der Waals surface area (Å²) in [7, 11) is 0. The summed E-state index contributed by atoms with van der Waals surface area (Å²) >= 11 is 0. The zero-order chi connectivity index (χ0) is 24.2. The predicted molar refractivity (Wildman–Crippen MR) is 135 cm³/mol. The Morgan fingerprint density at radius 2 is 1.66 bits per heavy atom. The van der Waals surface area contributed by atoms with Crippen LogP contribution in [0.1, 0.15) is 17.3 Å². The first-order chi connectivity index (χ1) is 17.1. The molecule has 3 heterocycles. The van der Waals surface area contributed by atoms with Gasteiger partial charge in [-0.3, -0.25) is 9.78 Å². The van der Waals surface area contributed by atoms with Crippen LogP contribution in [0.4, 0.5) is 5.69 Å². The van der Waals surface area contributed by atoms with E-state index in [9.17, 15) is 9.59 Å². The Labute approximate surface area is 204 Å². The minimum absolute atomic E-state index is 0.183. The number of nitrogens with zero attached hydrogens (tertiary/aromatic N) is 4. The summed E-state index contributed by atoms with van der Waals surface area (Å²) in [6, 6.07) is 23.0. The quantitative estimate of drug-likeness (QED) is 0.411. The van der Waals surface area contributed by atoms with Crippen molar-refractivity contribution in [1.82, 2.24) is 14.9 Å². The average molecular weight is 467 g/mol. The Balaban J connectivity index is 1.30. The standard InChI is InChI=1S/C28H26N4O3/c1-20(27(33)32-16-14-31(15-17-32)22-9-3-2-4-10-22)35-28(34)24-18-26(21-8-7-13-29-19-21)30-25-12-6-5-11-23(24)25/h2-13,18-20H,14-17H2,1H3/t20-/m0/s1. The van der Waals surface area contributed by atoms with Crippen molar-refractivity contribution in [3.63, 3.8) is 0 Å². The van der Waals surface area contributed by atoms with Crippen LogP contribution in [0, 0.1) is 0 Å². The molecule has 0 aliphatic carbocycles. The Morgan fingerprint density at radius 1 is 0.914 bits per heavy atom. The summed E-state index contributed by atoms with van der Waals surface area (Å²) in [6.45, 7) is 4.27. The monoisotopic (exact) mass is 466 g/mol. The van der Waals surface area contributed by atoms with Crippen molar-refractivity contribution < 1.29 is 14.3 Å². The highest BCUT2D eigenvalue weighted by molar-refractivity contribution is 6.05. The van der Waals surface area contributed by atoms with Crippen LogP contribution in [0.3, 0.4) is 0 Å². The van der Waals surface area contributed by atoms with E-state index in [1.54, 1.807) is 30.3 Å². The molecule has 0 saturated carbocycles. The second-order valence-electron chi connectivity index (χ2n) is 8.51. The second kappa shape index (κ2) is 9.93. The van der Waals surface area contributed by atoms with E-state index in [2.05, 4.69) is 27.0 Å². The van der Waals surface area contributed by atoms with Crippen molar-refractivity contribution in [3.05, 3.63) is 90.8 Å². The van der Waals surface area contributed by atoms with Crippen LogP contribution in [0.15, 0.2) is 85.2 Å². The molecule has 35 heavy (non-hydrogen) atoms. The maximum atomic E-state index is 13.2. The molecule has 1 fully saturated rings. The van der Waals surface area contributed by atoms with Gasteiger partial charge >= 0.3 is 5.97 Å². The van der Waals surface area contributed by atoms with Gasteiger partial charge in [0.2, 0.25) is 0 Å². The molecule has 2 aromatic heterocycles. The molecule has 1 atom stereocenters. The number of amides is 1. The number of ether oxygens (including phenoxy) is 1. The number of carbonyl (C=O) groups is 2. The molecule has 1 amide bonds. The topological polar surface area (TPSA) is 75.6 Å². The lowest BCUT2D eigenvalue weighted by atomic mass is 10.0. The molecule has 0 N–H and O–H groups in total. The van der Waals surface area contributed by atoms with Gasteiger partial charge in [0.1, 0.15) is 0 Å². The minimum atomic E-state index is -0.889. The highest BCUT2D eigenvalue weighted by atomic mass is 16.5. The number of esters is 1. The predicted octanol–water partition coefficient (Wildman–Crippen LogP) is 4.19. The molecule has 176 valence electrons. The third-order valence-corrected chi connectivity index (χ3v) is 6.24. The van der Waals surface area contributed by atoms with Crippen LogP contribution in [0.25, 0.3) is 22.2 Å². The largest absolute Gasteiger partial charge is 0.449 e. The summed E-state index contributed by atoms with van der Waals surface area (Å²) < 4.78 is 5.67. The van der Waals surface area contributed by atoms with Crippen molar-refractivity contribution in [1.29, 1.82) is 0 Å². The number of aromatic nitrogens is 2. The van der Waals surface area contributed by atoms with Gasteiger partial charge in [-0.25, -0.2) is 9.78 Å². The van der Waals surface area contributed by atoms with Crippen LogP contribution < -0.4 is 4.90 Å². The molecule has 1 saturated heterocycles. The SMILES string of the molecule is C[C@H](OC(=O)c1cc(-c2cccnc2)nc2ccccc12)C(=O)N1CCN(c2ccccc2)CC1. The first-order valence-corrected chi connectivity index (χ1v) is 11.7. The van der Waals surface area contributed by atoms with Gasteiger partial charge in [-0.2, -0.15) is 0 Å². The summed E-state index contributed by atoms with van der Waals surface area (Å²) in [5.74, 6) is -0.727. The van der Waals surface area contributed by atoms with Crippen LogP contribution in [0.2, 0.25) is 0 Å². The van der Waals surface area contributed by atoms with E-state index in [1.807, 2.05) is 54.6 Å². The normalized spacial score (nSPS) is 14.5. The number of hydrogen-bond donors (Lipinski definition) is 0. The minimum Gasteiger partial charge on any atom is -0.449 e. The number of hydrogen-bond acceptors (Lipinski definition) is 6. The molecule has 2 aromatic carbocycles. The van der Waals surface area contributed by atoms with Gasteiger partial charge in [0, 0.05) is 55.2 Å². The average Bonchev–Trinajstić information content (AvgIpc) is 2.93. The van der Waals surface area contributed by atoms with Crippen molar-refractivity contribution in [2.45, 2.75) is 13.0 Å². The Bertz CT molecular complexity index is 1340. The van der Waals surface area contributed by atoms with Crippen LogP contribution >= 0.6 is 0 Å². The number of pyridine rings is 2. The van der Waals surface area contributed by atoms with E-state index in [0.29, 0.717) is 35.2 Å². The van der Waals surface area contributed by atoms with Crippen LogP contribution in [-0.2, 0) is 9.53 Å². The Hall–Kier alpha value is -4.26. The van der Waals surface area contributed by atoms with Gasteiger partial charge in [-0.15, -0.1) is 0 Å². The van der Waals surface area contributed by atoms with E-state index < -0.39 is 12.1 Å². The van der Waals surface area contributed by atoms with Gasteiger partial charge in [-0.05, 0) is 43.3 Å². The van der Waals surface area contributed by atoms with E-state index in [0.717, 1.165) is 24.3 Å². The maximum Gasteiger partial charge on any atom is 0.339 e. The molecular weight excluding hydrogens is 440 g/mol. The zero-order valence-corrected chi connectivity index (χ0v) is 19.5. The van der Waals surface area contributed by atoms with Gasteiger partial charge in [-0.1, -0.05) is 36.4 Å². The number of rotatable bonds is 5. The lowest BCUT2D eigenvalue weighted by molar-refractivity contribution is -0.140. The molecule has 0 spiro atoms. The molecule has 5 rings (SSSR count). The van der Waals surface area contributed by atoms with E-state index in [-0.39, 0.29) is 5.91 Å². The molecule has 4 aromatic rings. The van der Waals surface area contributed by atoms with Gasteiger partial charge < -0.3 is 14.5 Å². The van der Waals surface area contributed by atoms with Crippen molar-refractivity contribution in [3.8, 4) is 11.3 Å². The fraction of sp³-hybridized carbons (Fsp3) is 0.214. The van der Waals surface area contributed by atoms with Gasteiger partial charge in [0.05, 0.1) is 16.8 Å². The lowest BCUT2D eigenvalue weighted by Gasteiger charge is -2.37. The Kier molecular flexibility index (Phi) is 6.39. The molecule has 0 unspecified atom stereocenters. The molecular formula is C28H26N4O3. The fourth-order valence-electron chi connectivity index (χ4n) is 4.36. The molecule has 1 aliphatic heterocycles. The number of para-hydroxylation sites is 2. The van der Waals surface area contributed by atoms with Gasteiger partial charge in [0.15, 0.2) is 6.10 Å². The first kappa shape index (κ1) is 22.5. The molecule has 7 nitrogen and oxygen atoms in total. The van der Waals surface area contributed by atoms with E-state index >= 15 is 0 Å². The van der Waals surface area contributed by atoms with Crippen LogP contribution in [-0.4, -0.2) is 59.0 Å². The van der Waals surface area contributed by atoms with Crippen LogP contribution in [0.5, 0.6) is 0 Å². The van der Waals surface area contributed by atoms with E-state index in [1.165, 1.54) is 0 Å². The third kappa shape index (κ3) is 4.84. The van der Waals surface area contributed by atoms with Crippen molar-refractivity contribution in [2.24, 2.45) is 0 Å². The zero-order valence-electron chi connectivity index (χ0n) is 19.5. The number of anilines is 1. The van der Waals surface area contributed by atoms with Crippen molar-refractivity contribution in [2.75, 3.05) is 31.1 Å². The number of piperazine rings is 1. The highest BCUT2D eigenvalue weighted by Gasteiger charge is 2.28. The molecule has 0 radical (unpaired) electrons. The maximum absolute atomic E-state index is 13.2. The number of carbonyl (C=O) groups excluding carboxylic acids is 2. The second-order valence-corrected chi connectivity index (χ2v) is 8.51. The molecule has 1 aliphatic rings. The highest BCUT2D eigenvalue weighted by Crippen LogP contribution is 2.25. The first-order valence-electron chi connectivity index (χ1n) is 11.7. The van der Waals surface area contributed by atoms with E-state index in [4.69, 9.17) is 4.74 Å². The molecule has 7 heteroatoms. The summed E-state index contributed by atoms with van der Waals surface area (Å²) in [5.41, 5.74) is 3.63. The number of fused-ring (bicyclic) bond motifs is 1. The fourth-order valence-corrected chi connectivity index (χ4v) is 4.36. The summed E-state index contributed by atoms with van der Waals surface area (Å²) in [6.07, 6.45) is 2.50. The lowest BCUT2D eigenvalue weighted by Crippen LogP contribution is -2.51. The number of benzene rings is 2. The third-order valence-electron chi connectivity index (χ3n) is 6.24. The molecule has 0 bridgehead atoms.